The number of hydrogen-bond donors (Lipinski definition) is 1. The van der Waals surface area contributed by atoms with Crippen molar-refractivity contribution < 1.29 is 4.79 Å². The van der Waals surface area contributed by atoms with E-state index >= 15 is 0 Å². The Morgan fingerprint density at radius 2 is 2.33 bits per heavy atom. The molecule has 0 spiro atoms. The van der Waals surface area contributed by atoms with E-state index in [1.165, 1.54) is 0 Å². The number of carbonyl (C=O) groups is 1. The Bertz CT molecular complexity index is 403. The second-order valence-electron chi connectivity index (χ2n) is 4.56. The summed E-state index contributed by atoms with van der Waals surface area (Å²) in [5.41, 5.74) is 0.673. The third kappa shape index (κ3) is 2.12. The normalized spacial score (nSPS) is 22.2. The Kier molecular flexibility index (Phi) is 2.43. The minimum absolute atomic E-state index is 0.135. The largest absolute Gasteiger partial charge is 0.349 e. The third-order valence-electron chi connectivity index (χ3n) is 2.82. The molecule has 0 radical (unpaired) electrons. The zero-order valence-electron chi connectivity index (χ0n) is 8.75. The molecular weight excluding hydrogens is 212 g/mol. The molecule has 0 bridgehead atoms. The molecule has 0 aromatic carbocycles. The van der Waals surface area contributed by atoms with Crippen LogP contribution in [0.5, 0.6) is 0 Å². The summed E-state index contributed by atoms with van der Waals surface area (Å²) in [6.45, 7) is 4.26. The fourth-order valence-corrected chi connectivity index (χ4v) is 1.71. The lowest BCUT2D eigenvalue weighted by molar-refractivity contribution is 0.0946. The Hall–Kier alpha value is -1.09. The van der Waals surface area contributed by atoms with Gasteiger partial charge in [-0.2, -0.15) is 0 Å². The summed E-state index contributed by atoms with van der Waals surface area (Å²) >= 11 is 5.82. The maximum Gasteiger partial charge on any atom is 0.254 e. The van der Waals surface area contributed by atoms with Gasteiger partial charge in [-0.25, -0.2) is 4.98 Å². The molecular formula is C11H13ClN2O. The van der Waals surface area contributed by atoms with Crippen LogP contribution in [0.4, 0.5) is 0 Å². The van der Waals surface area contributed by atoms with Crippen molar-refractivity contribution in [2.75, 3.05) is 0 Å². The number of nitrogens with one attached hydrogen (secondary N) is 1. The van der Waals surface area contributed by atoms with Crippen molar-refractivity contribution >= 4 is 17.5 Å². The molecule has 1 fully saturated rings. The maximum absolute atomic E-state index is 11.8. The summed E-state index contributed by atoms with van der Waals surface area (Å²) in [5.74, 6) is -0.135. The number of hydrogen-bond acceptors (Lipinski definition) is 2. The highest BCUT2D eigenvalue weighted by molar-refractivity contribution is 6.32. The highest BCUT2D eigenvalue weighted by Gasteiger charge is 2.46. The van der Waals surface area contributed by atoms with E-state index in [1.54, 1.807) is 18.3 Å². The van der Waals surface area contributed by atoms with Gasteiger partial charge in [0.2, 0.25) is 0 Å². The van der Waals surface area contributed by atoms with E-state index < -0.39 is 0 Å². The maximum atomic E-state index is 11.8. The molecule has 4 heteroatoms. The molecule has 1 unspecified atom stereocenters. The third-order valence-corrected chi connectivity index (χ3v) is 3.12. The number of carbonyl (C=O) groups excluding carboxylic acids is 1. The number of rotatable bonds is 2. The molecule has 0 saturated heterocycles. The summed E-state index contributed by atoms with van der Waals surface area (Å²) in [5, 5.41) is 3.20. The van der Waals surface area contributed by atoms with Crippen molar-refractivity contribution in [2.45, 2.75) is 26.3 Å². The van der Waals surface area contributed by atoms with Crippen LogP contribution in [0.15, 0.2) is 18.3 Å². The average molecular weight is 225 g/mol. The van der Waals surface area contributed by atoms with Crippen LogP contribution in [0, 0.1) is 5.41 Å². The van der Waals surface area contributed by atoms with Crippen molar-refractivity contribution in [2.24, 2.45) is 5.41 Å². The van der Waals surface area contributed by atoms with Gasteiger partial charge in [0.05, 0.1) is 5.56 Å². The molecule has 0 aliphatic heterocycles. The zero-order chi connectivity index (χ0) is 11.1. The van der Waals surface area contributed by atoms with E-state index in [4.69, 9.17) is 11.6 Å². The number of aromatic nitrogens is 1. The van der Waals surface area contributed by atoms with Crippen LogP contribution in [-0.4, -0.2) is 16.9 Å². The lowest BCUT2D eigenvalue weighted by Crippen LogP contribution is -2.28. The Morgan fingerprint density at radius 3 is 2.87 bits per heavy atom. The predicted molar refractivity (Wildman–Crippen MR) is 58.9 cm³/mol. The van der Waals surface area contributed by atoms with Crippen LogP contribution in [-0.2, 0) is 0 Å². The van der Waals surface area contributed by atoms with Crippen LogP contribution in [0.25, 0.3) is 0 Å². The zero-order valence-corrected chi connectivity index (χ0v) is 9.51. The van der Waals surface area contributed by atoms with Crippen molar-refractivity contribution in [3.05, 3.63) is 29.0 Å². The number of amides is 1. The first kappa shape index (κ1) is 10.4. The molecule has 1 heterocycles. The van der Waals surface area contributed by atoms with Crippen LogP contribution in [0.2, 0.25) is 5.15 Å². The van der Waals surface area contributed by atoms with Gasteiger partial charge in [0.25, 0.3) is 5.91 Å². The van der Waals surface area contributed by atoms with Crippen molar-refractivity contribution in [3.63, 3.8) is 0 Å². The summed E-state index contributed by atoms with van der Waals surface area (Å²) in [6, 6.07) is 3.65. The summed E-state index contributed by atoms with van der Waals surface area (Å²) in [6.07, 6.45) is 2.59. The Labute approximate surface area is 93.8 Å². The minimum atomic E-state index is -0.135. The van der Waals surface area contributed by atoms with Gasteiger partial charge < -0.3 is 5.32 Å². The van der Waals surface area contributed by atoms with Crippen molar-refractivity contribution in [1.82, 2.24) is 10.3 Å². The van der Waals surface area contributed by atoms with Gasteiger partial charge >= 0.3 is 0 Å². The Balaban J connectivity index is 2.06. The quantitative estimate of drug-likeness (QED) is 0.783. The van der Waals surface area contributed by atoms with Crippen LogP contribution in [0.1, 0.15) is 30.6 Å². The summed E-state index contributed by atoms with van der Waals surface area (Å²) in [7, 11) is 0. The molecule has 15 heavy (non-hydrogen) atoms. The van der Waals surface area contributed by atoms with Crippen LogP contribution < -0.4 is 5.32 Å². The summed E-state index contributed by atoms with van der Waals surface area (Å²) in [4.78, 5) is 15.6. The monoisotopic (exact) mass is 224 g/mol. The molecule has 1 atom stereocenters. The highest BCUT2D eigenvalue weighted by atomic mass is 35.5. The minimum Gasteiger partial charge on any atom is -0.349 e. The molecule has 1 aliphatic rings. The van der Waals surface area contributed by atoms with Gasteiger partial charge in [-0.3, -0.25) is 4.79 Å². The van der Waals surface area contributed by atoms with Gasteiger partial charge in [0, 0.05) is 12.2 Å². The molecule has 1 N–H and O–H groups in total. The molecule has 3 nitrogen and oxygen atoms in total. The van der Waals surface area contributed by atoms with Gasteiger partial charge in [0.1, 0.15) is 5.15 Å². The topological polar surface area (TPSA) is 42.0 Å². The second kappa shape index (κ2) is 3.49. The first-order valence-corrected chi connectivity index (χ1v) is 5.30. The SMILES string of the molecule is CC1(C)CC1NC(=O)c1cccnc1Cl. The molecule has 1 amide bonds. The van der Waals surface area contributed by atoms with Gasteiger partial charge in [0.15, 0.2) is 0 Å². The van der Waals surface area contributed by atoms with Crippen LogP contribution >= 0.6 is 11.6 Å². The average Bonchev–Trinajstić information content (AvgIpc) is 2.74. The van der Waals surface area contributed by atoms with E-state index in [0.717, 1.165) is 6.42 Å². The standard InChI is InChI=1S/C11H13ClN2O/c1-11(2)6-8(11)14-10(15)7-4-3-5-13-9(7)12/h3-5,8H,6H2,1-2H3,(H,14,15). The van der Waals surface area contributed by atoms with Gasteiger partial charge in [-0.1, -0.05) is 25.4 Å². The lowest BCUT2D eigenvalue weighted by Gasteiger charge is -2.07. The Morgan fingerprint density at radius 1 is 1.67 bits per heavy atom. The van der Waals surface area contributed by atoms with E-state index in [0.29, 0.717) is 5.56 Å². The smallest absolute Gasteiger partial charge is 0.254 e. The van der Waals surface area contributed by atoms with Crippen LogP contribution in [0.3, 0.4) is 0 Å². The van der Waals surface area contributed by atoms with E-state index in [2.05, 4.69) is 24.1 Å². The van der Waals surface area contributed by atoms with E-state index in [-0.39, 0.29) is 22.5 Å². The highest BCUT2D eigenvalue weighted by Crippen LogP contribution is 2.44. The van der Waals surface area contributed by atoms with E-state index in [1.807, 2.05) is 0 Å². The summed E-state index contributed by atoms with van der Waals surface area (Å²) < 4.78 is 0. The van der Waals surface area contributed by atoms with E-state index in [9.17, 15) is 4.79 Å². The second-order valence-corrected chi connectivity index (χ2v) is 4.92. The molecule has 1 aromatic heterocycles. The van der Waals surface area contributed by atoms with Gasteiger partial charge in [-0.05, 0) is 24.0 Å². The first-order chi connectivity index (χ1) is 7.00. The molecule has 2 rings (SSSR count). The predicted octanol–water partition coefficient (Wildman–Crippen LogP) is 2.26. The molecule has 1 saturated carbocycles. The number of nitrogens with zero attached hydrogens (tertiary/aromatic N) is 1. The van der Waals surface area contributed by atoms with Crippen molar-refractivity contribution in [3.8, 4) is 0 Å². The molecule has 1 aromatic rings. The van der Waals surface area contributed by atoms with Gasteiger partial charge in [-0.15, -0.1) is 0 Å². The molecule has 80 valence electrons. The molecule has 1 aliphatic carbocycles. The lowest BCUT2D eigenvalue weighted by atomic mass is 10.2. The first-order valence-electron chi connectivity index (χ1n) is 4.92. The number of pyridine rings is 1. The fourth-order valence-electron chi connectivity index (χ4n) is 1.50. The van der Waals surface area contributed by atoms with Crippen molar-refractivity contribution in [1.29, 1.82) is 0 Å². The number of halogens is 1. The fraction of sp³-hybridized carbons (Fsp3) is 0.455.